The number of phenolic OH excluding ortho intramolecular Hbond substituents is 1. The van der Waals surface area contributed by atoms with Crippen molar-refractivity contribution in [3.63, 3.8) is 0 Å². The minimum atomic E-state index is -0.604. The predicted octanol–water partition coefficient (Wildman–Crippen LogP) is 1.92. The van der Waals surface area contributed by atoms with Crippen LogP contribution in [0, 0.1) is 12.7 Å². The molecule has 18 heavy (non-hydrogen) atoms. The largest absolute Gasteiger partial charge is 0.505 e. The van der Waals surface area contributed by atoms with Crippen molar-refractivity contribution in [1.29, 1.82) is 0 Å². The fraction of sp³-hybridized carbons (Fsp3) is 0.231. The van der Waals surface area contributed by atoms with E-state index in [0.717, 1.165) is 5.69 Å². The molecule has 0 atom stereocenters. The lowest BCUT2D eigenvalue weighted by molar-refractivity contribution is 0.423. The highest BCUT2D eigenvalue weighted by molar-refractivity contribution is 5.33. The molecule has 0 aliphatic carbocycles. The van der Waals surface area contributed by atoms with Crippen molar-refractivity contribution in [2.24, 2.45) is 0 Å². The van der Waals surface area contributed by atoms with Gasteiger partial charge in [0.1, 0.15) is 5.82 Å². The van der Waals surface area contributed by atoms with Crippen LogP contribution in [0.3, 0.4) is 0 Å². The topological polar surface area (TPSA) is 58.0 Å². The lowest BCUT2D eigenvalue weighted by Crippen LogP contribution is -2.14. The molecule has 0 amide bonds. The number of rotatable bonds is 4. The van der Waals surface area contributed by atoms with E-state index in [2.05, 4.69) is 15.3 Å². The quantitative estimate of drug-likeness (QED) is 0.866. The second-order valence-electron chi connectivity index (χ2n) is 3.95. The molecular weight excluding hydrogens is 233 g/mol. The van der Waals surface area contributed by atoms with Gasteiger partial charge in [-0.3, -0.25) is 0 Å². The minimum absolute atomic E-state index is 0.302. The Morgan fingerprint density at radius 2 is 2.11 bits per heavy atom. The molecule has 0 spiro atoms. The maximum Gasteiger partial charge on any atom is 0.165 e. The molecule has 0 aliphatic rings. The van der Waals surface area contributed by atoms with Gasteiger partial charge in [-0.2, -0.15) is 0 Å². The van der Waals surface area contributed by atoms with E-state index >= 15 is 0 Å². The predicted molar refractivity (Wildman–Crippen MR) is 65.4 cm³/mol. The van der Waals surface area contributed by atoms with Gasteiger partial charge in [-0.1, -0.05) is 12.1 Å². The first-order valence-electron chi connectivity index (χ1n) is 5.62. The molecule has 0 radical (unpaired) electrons. The van der Waals surface area contributed by atoms with Gasteiger partial charge in [0.05, 0.1) is 5.69 Å². The van der Waals surface area contributed by atoms with Gasteiger partial charge in [-0.05, 0) is 19.1 Å². The Labute approximate surface area is 105 Å². The highest BCUT2D eigenvalue weighted by Crippen LogP contribution is 2.20. The number of aryl methyl sites for hydroxylation is 1. The Morgan fingerprint density at radius 3 is 2.89 bits per heavy atom. The molecule has 0 aliphatic heterocycles. The molecule has 0 unspecified atom stereocenters. The third-order valence-corrected chi connectivity index (χ3v) is 2.53. The number of nitrogens with one attached hydrogen (secondary N) is 1. The molecule has 5 heteroatoms. The van der Waals surface area contributed by atoms with Crippen LogP contribution in [0.15, 0.2) is 30.5 Å². The van der Waals surface area contributed by atoms with E-state index in [1.807, 2.05) is 13.0 Å². The van der Waals surface area contributed by atoms with Gasteiger partial charge in [0.15, 0.2) is 11.6 Å². The summed E-state index contributed by atoms with van der Waals surface area (Å²) in [5.41, 5.74) is 1.39. The SMILES string of the molecule is Cc1nccc(CNCc2cccc(F)c2O)n1. The van der Waals surface area contributed by atoms with E-state index in [0.29, 0.717) is 24.5 Å². The van der Waals surface area contributed by atoms with E-state index in [4.69, 9.17) is 0 Å². The summed E-state index contributed by atoms with van der Waals surface area (Å²) in [4.78, 5) is 8.24. The minimum Gasteiger partial charge on any atom is -0.505 e. The Morgan fingerprint density at radius 1 is 1.28 bits per heavy atom. The zero-order chi connectivity index (χ0) is 13.0. The maximum absolute atomic E-state index is 13.1. The Bertz CT molecular complexity index is 546. The smallest absolute Gasteiger partial charge is 0.165 e. The van der Waals surface area contributed by atoms with Gasteiger partial charge in [-0.25, -0.2) is 14.4 Å². The number of benzene rings is 1. The summed E-state index contributed by atoms with van der Waals surface area (Å²) in [5, 5.41) is 12.6. The molecule has 2 N–H and O–H groups in total. The van der Waals surface area contributed by atoms with E-state index in [-0.39, 0.29) is 5.75 Å². The highest BCUT2D eigenvalue weighted by Gasteiger charge is 2.05. The Balaban J connectivity index is 1.94. The molecular formula is C13H14FN3O. The molecule has 0 saturated carbocycles. The van der Waals surface area contributed by atoms with Crippen LogP contribution in [-0.2, 0) is 13.1 Å². The second kappa shape index (κ2) is 5.55. The standard InChI is InChI=1S/C13H14FN3O/c1-9-16-6-5-11(17-9)8-15-7-10-3-2-4-12(14)13(10)18/h2-6,15,18H,7-8H2,1H3. The number of aromatic nitrogens is 2. The monoisotopic (exact) mass is 247 g/mol. The first-order valence-corrected chi connectivity index (χ1v) is 5.62. The van der Waals surface area contributed by atoms with E-state index in [1.165, 1.54) is 6.07 Å². The number of para-hydroxylation sites is 1. The number of hydrogen-bond acceptors (Lipinski definition) is 4. The summed E-state index contributed by atoms with van der Waals surface area (Å²) in [7, 11) is 0. The number of nitrogens with zero attached hydrogens (tertiary/aromatic N) is 2. The normalized spacial score (nSPS) is 10.6. The van der Waals surface area contributed by atoms with Crippen LogP contribution in [0.4, 0.5) is 4.39 Å². The van der Waals surface area contributed by atoms with Crippen LogP contribution in [0.25, 0.3) is 0 Å². The average Bonchev–Trinajstić information content (AvgIpc) is 2.35. The zero-order valence-electron chi connectivity index (χ0n) is 10.0. The Kier molecular flexibility index (Phi) is 3.84. The van der Waals surface area contributed by atoms with Gasteiger partial charge in [0.25, 0.3) is 0 Å². The van der Waals surface area contributed by atoms with Crippen LogP contribution in [-0.4, -0.2) is 15.1 Å². The second-order valence-corrected chi connectivity index (χ2v) is 3.95. The number of hydrogen-bond donors (Lipinski definition) is 2. The lowest BCUT2D eigenvalue weighted by Gasteiger charge is -2.07. The first-order chi connectivity index (χ1) is 8.66. The van der Waals surface area contributed by atoms with Gasteiger partial charge in [-0.15, -0.1) is 0 Å². The first kappa shape index (κ1) is 12.4. The lowest BCUT2D eigenvalue weighted by atomic mass is 10.2. The van der Waals surface area contributed by atoms with Gasteiger partial charge in [0.2, 0.25) is 0 Å². The zero-order valence-corrected chi connectivity index (χ0v) is 10.0. The van der Waals surface area contributed by atoms with Crippen LogP contribution in [0.5, 0.6) is 5.75 Å². The molecule has 2 aromatic rings. The molecule has 1 aromatic heterocycles. The third-order valence-electron chi connectivity index (χ3n) is 2.53. The molecule has 4 nitrogen and oxygen atoms in total. The van der Waals surface area contributed by atoms with Crippen molar-refractivity contribution < 1.29 is 9.50 Å². The molecule has 94 valence electrons. The summed E-state index contributed by atoms with van der Waals surface area (Å²) in [5.74, 6) is -0.195. The number of aromatic hydroxyl groups is 1. The van der Waals surface area contributed by atoms with Gasteiger partial charge >= 0.3 is 0 Å². The van der Waals surface area contributed by atoms with E-state index < -0.39 is 5.82 Å². The van der Waals surface area contributed by atoms with Gasteiger partial charge in [0, 0.05) is 24.8 Å². The molecule has 0 bridgehead atoms. The number of halogens is 1. The summed E-state index contributed by atoms with van der Waals surface area (Å²) in [6.45, 7) is 2.74. The summed E-state index contributed by atoms with van der Waals surface area (Å²) in [6.07, 6.45) is 1.69. The Hall–Kier alpha value is -2.01. The number of phenols is 1. The van der Waals surface area contributed by atoms with Crippen molar-refractivity contribution in [1.82, 2.24) is 15.3 Å². The van der Waals surface area contributed by atoms with E-state index in [1.54, 1.807) is 18.3 Å². The van der Waals surface area contributed by atoms with Crippen LogP contribution < -0.4 is 5.32 Å². The van der Waals surface area contributed by atoms with Gasteiger partial charge < -0.3 is 10.4 Å². The molecule has 1 aromatic carbocycles. The van der Waals surface area contributed by atoms with Crippen LogP contribution in [0.1, 0.15) is 17.1 Å². The fourth-order valence-corrected chi connectivity index (χ4v) is 1.63. The van der Waals surface area contributed by atoms with Crippen molar-refractivity contribution in [2.75, 3.05) is 0 Å². The summed E-state index contributed by atoms with van der Waals surface area (Å²) in [6, 6.07) is 6.29. The molecule has 0 saturated heterocycles. The highest BCUT2D eigenvalue weighted by atomic mass is 19.1. The molecule has 2 rings (SSSR count). The summed E-state index contributed by atoms with van der Waals surface area (Å²) < 4.78 is 13.1. The van der Waals surface area contributed by atoms with Crippen molar-refractivity contribution in [2.45, 2.75) is 20.0 Å². The average molecular weight is 247 g/mol. The molecule has 0 fully saturated rings. The fourth-order valence-electron chi connectivity index (χ4n) is 1.63. The van der Waals surface area contributed by atoms with E-state index in [9.17, 15) is 9.50 Å². The van der Waals surface area contributed by atoms with Crippen LogP contribution >= 0.6 is 0 Å². The third kappa shape index (κ3) is 3.01. The van der Waals surface area contributed by atoms with Crippen molar-refractivity contribution in [3.8, 4) is 5.75 Å². The maximum atomic E-state index is 13.1. The molecule has 1 heterocycles. The van der Waals surface area contributed by atoms with Crippen molar-refractivity contribution >= 4 is 0 Å². The summed E-state index contributed by atoms with van der Waals surface area (Å²) >= 11 is 0. The van der Waals surface area contributed by atoms with Crippen LogP contribution in [0.2, 0.25) is 0 Å². The van der Waals surface area contributed by atoms with Crippen molar-refractivity contribution in [3.05, 3.63) is 53.4 Å².